The first-order valence-electron chi connectivity index (χ1n) is 18.1. The third-order valence-electron chi connectivity index (χ3n) is 9.64. The van der Waals surface area contributed by atoms with Gasteiger partial charge in [0.05, 0.1) is 31.3 Å². The van der Waals surface area contributed by atoms with Crippen LogP contribution in [0.2, 0.25) is 0 Å². The highest BCUT2D eigenvalue weighted by Gasteiger charge is 2.21. The van der Waals surface area contributed by atoms with Crippen LogP contribution in [0.3, 0.4) is 0 Å². The summed E-state index contributed by atoms with van der Waals surface area (Å²) in [4.78, 5) is 20.4. The number of hydrogen-bond acceptors (Lipinski definition) is 9. The topological polar surface area (TPSA) is 149 Å². The number of anilines is 5. The number of hydrogen-bond donors (Lipinski definition) is 5. The van der Waals surface area contributed by atoms with E-state index in [4.69, 9.17) is 25.7 Å². The highest BCUT2D eigenvalue weighted by atomic mass is 16.5. The average Bonchev–Trinajstić information content (AvgIpc) is 3.13. The number of carbonyl (C=O) groups is 1. The first-order chi connectivity index (χ1) is 25.5. The van der Waals surface area contributed by atoms with Crippen LogP contribution in [0.15, 0.2) is 85.1 Å². The van der Waals surface area contributed by atoms with Crippen LogP contribution < -0.4 is 41.6 Å². The molecule has 7 N–H and O–H groups in total. The van der Waals surface area contributed by atoms with E-state index in [0.717, 1.165) is 73.1 Å². The second kappa shape index (κ2) is 16.4. The molecule has 0 spiro atoms. The van der Waals surface area contributed by atoms with Crippen LogP contribution in [0.5, 0.6) is 23.0 Å². The van der Waals surface area contributed by atoms with Crippen molar-refractivity contribution < 1.29 is 19.0 Å². The Morgan fingerprint density at radius 3 is 2.38 bits per heavy atom. The van der Waals surface area contributed by atoms with Crippen LogP contribution in [0, 0.1) is 0 Å². The van der Waals surface area contributed by atoms with Crippen molar-refractivity contribution >= 4 is 45.4 Å². The third kappa shape index (κ3) is 9.29. The normalized spacial score (nSPS) is 13.8. The van der Waals surface area contributed by atoms with E-state index in [1.165, 1.54) is 12.7 Å². The largest absolute Gasteiger partial charge is 0.496 e. The third-order valence-corrected chi connectivity index (χ3v) is 9.64. The lowest BCUT2D eigenvalue weighted by Gasteiger charge is -2.30. The molecule has 1 fully saturated rings. The van der Waals surface area contributed by atoms with E-state index in [1.54, 1.807) is 13.3 Å². The Morgan fingerprint density at radius 2 is 1.64 bits per heavy atom. The van der Waals surface area contributed by atoms with Gasteiger partial charge in [0.2, 0.25) is 0 Å². The van der Waals surface area contributed by atoms with Crippen molar-refractivity contribution in [3.8, 4) is 23.0 Å². The monoisotopic (exact) mass is 717 g/mol. The summed E-state index contributed by atoms with van der Waals surface area (Å²) in [6.45, 7) is 9.48. The highest BCUT2D eigenvalue weighted by Crippen LogP contribution is 2.38. The van der Waals surface area contributed by atoms with Gasteiger partial charge < -0.3 is 46.5 Å². The molecule has 53 heavy (non-hydrogen) atoms. The quantitative estimate of drug-likeness (QED) is 0.0800. The van der Waals surface area contributed by atoms with Crippen molar-refractivity contribution in [2.75, 3.05) is 55.5 Å². The Bertz CT molecular complexity index is 2050. The number of rotatable bonds is 12. The number of fused-ring (bicyclic) bond motifs is 1. The zero-order valence-corrected chi connectivity index (χ0v) is 31.3. The summed E-state index contributed by atoms with van der Waals surface area (Å²) in [5.41, 5.74) is 16.8. The van der Waals surface area contributed by atoms with Crippen molar-refractivity contribution in [2.24, 2.45) is 5.73 Å². The smallest absolute Gasteiger partial charge is 0.323 e. The summed E-state index contributed by atoms with van der Waals surface area (Å²) in [5.74, 6) is 3.13. The molecule has 0 unspecified atom stereocenters. The number of nitrogens with zero attached hydrogens (tertiary/aromatic N) is 2. The van der Waals surface area contributed by atoms with Crippen LogP contribution in [-0.4, -0.2) is 55.8 Å². The maximum Gasteiger partial charge on any atom is 0.323 e. The van der Waals surface area contributed by atoms with Gasteiger partial charge in [-0.3, -0.25) is 0 Å². The number of nitrogens with one attached hydrogen (secondary N) is 3. The molecule has 11 nitrogen and oxygen atoms in total. The number of methoxy groups -OCH3 is 2. The fraction of sp³-hybridized carbons (Fsp3) is 0.333. The van der Waals surface area contributed by atoms with Crippen LogP contribution in [0.1, 0.15) is 51.2 Å². The summed E-state index contributed by atoms with van der Waals surface area (Å²) >= 11 is 0. The van der Waals surface area contributed by atoms with E-state index in [9.17, 15) is 4.79 Å². The fourth-order valence-electron chi connectivity index (χ4n) is 6.67. The molecule has 6 rings (SSSR count). The number of amides is 2. The predicted molar refractivity (Wildman–Crippen MR) is 215 cm³/mol. The molecule has 1 aliphatic rings. The predicted octanol–water partition coefficient (Wildman–Crippen LogP) is 8.67. The van der Waals surface area contributed by atoms with E-state index in [1.807, 2.05) is 66.7 Å². The molecule has 1 aromatic heterocycles. The van der Waals surface area contributed by atoms with Gasteiger partial charge in [-0.05, 0) is 98.3 Å². The van der Waals surface area contributed by atoms with E-state index in [2.05, 4.69) is 58.7 Å². The van der Waals surface area contributed by atoms with Crippen molar-refractivity contribution in [2.45, 2.75) is 57.9 Å². The van der Waals surface area contributed by atoms with Crippen LogP contribution >= 0.6 is 0 Å². The molecular formula is C42H51N7O4. The summed E-state index contributed by atoms with van der Waals surface area (Å²) in [5, 5.41) is 11.0. The summed E-state index contributed by atoms with van der Waals surface area (Å²) < 4.78 is 17.7. The van der Waals surface area contributed by atoms with E-state index >= 15 is 0 Å². The highest BCUT2D eigenvalue weighted by molar-refractivity contribution is 6.08. The molecule has 278 valence electrons. The maximum atomic E-state index is 13.3. The van der Waals surface area contributed by atoms with Gasteiger partial charge in [0.1, 0.15) is 23.1 Å². The maximum absolute atomic E-state index is 13.3. The molecule has 2 heterocycles. The Labute approximate surface area is 312 Å². The van der Waals surface area contributed by atoms with Crippen LogP contribution in [-0.2, 0) is 11.8 Å². The van der Waals surface area contributed by atoms with E-state index in [0.29, 0.717) is 46.2 Å². The van der Waals surface area contributed by atoms with Crippen molar-refractivity contribution in [3.63, 3.8) is 0 Å². The van der Waals surface area contributed by atoms with E-state index < -0.39 is 6.03 Å². The number of benzene rings is 4. The molecule has 4 aromatic carbocycles. The van der Waals surface area contributed by atoms with Crippen molar-refractivity contribution in [3.05, 3.63) is 96.2 Å². The van der Waals surface area contributed by atoms with Crippen LogP contribution in [0.4, 0.5) is 33.4 Å². The standard InChI is InChI=1S/C42H51N7O4/c1-42(2,3)28-23-34(44)40(52-5)36(24-28)48-41(50)47-35-14-15-37(33-11-7-6-10-32(33)35)53-31-16-19-45-39(26-31)46-30-13-12-27(38(25-30)51-4)9-8-20-49-21-17-29(43)18-22-49/h6-7,10-16,19,23-26,29H,8-9,17-18,20-22,43-44H2,1-5H3,(H,45,46)(H2,47,48,50). The summed E-state index contributed by atoms with van der Waals surface area (Å²) in [6, 6.07) is 24.9. The average molecular weight is 718 g/mol. The zero-order chi connectivity index (χ0) is 37.5. The lowest BCUT2D eigenvalue weighted by molar-refractivity contribution is 0.211. The lowest BCUT2D eigenvalue weighted by atomic mass is 9.86. The number of nitrogens with two attached hydrogens (primary N) is 2. The second-order valence-electron chi connectivity index (χ2n) is 14.5. The second-order valence-corrected chi connectivity index (χ2v) is 14.5. The number of aryl methyl sites for hydroxylation is 1. The first kappa shape index (κ1) is 37.2. The lowest BCUT2D eigenvalue weighted by Crippen LogP contribution is -2.40. The van der Waals surface area contributed by atoms with Crippen molar-refractivity contribution in [1.29, 1.82) is 0 Å². The minimum atomic E-state index is -0.426. The molecule has 0 atom stereocenters. The molecule has 1 aliphatic heterocycles. The number of carbonyl (C=O) groups excluding carboxylic acids is 1. The summed E-state index contributed by atoms with van der Waals surface area (Å²) in [6.07, 6.45) is 5.86. The Hall–Kier alpha value is -5.52. The number of urea groups is 1. The van der Waals surface area contributed by atoms with Gasteiger partial charge in [0.25, 0.3) is 0 Å². The molecule has 0 bridgehead atoms. The van der Waals surface area contributed by atoms with Gasteiger partial charge in [-0.1, -0.05) is 51.1 Å². The Balaban J connectivity index is 1.13. The van der Waals surface area contributed by atoms with Crippen molar-refractivity contribution in [1.82, 2.24) is 9.88 Å². The molecule has 0 aliphatic carbocycles. The van der Waals surface area contributed by atoms with Gasteiger partial charge in [-0.15, -0.1) is 0 Å². The van der Waals surface area contributed by atoms with Gasteiger partial charge in [0, 0.05) is 40.8 Å². The molecular weight excluding hydrogens is 667 g/mol. The summed E-state index contributed by atoms with van der Waals surface area (Å²) in [7, 11) is 3.24. The molecule has 11 heteroatoms. The number of piperidine rings is 1. The molecule has 1 saturated heterocycles. The van der Waals surface area contributed by atoms with Crippen LogP contribution in [0.25, 0.3) is 10.8 Å². The number of ether oxygens (including phenoxy) is 3. The number of pyridine rings is 1. The number of nitrogen functional groups attached to an aromatic ring is 1. The molecule has 5 aromatic rings. The first-order valence-corrected chi connectivity index (χ1v) is 18.1. The number of aromatic nitrogens is 1. The zero-order valence-electron chi connectivity index (χ0n) is 31.3. The number of likely N-dealkylation sites (tertiary alicyclic amines) is 1. The Kier molecular flexibility index (Phi) is 11.6. The minimum Gasteiger partial charge on any atom is -0.496 e. The van der Waals surface area contributed by atoms with Gasteiger partial charge >= 0.3 is 6.03 Å². The minimum absolute atomic E-state index is 0.174. The molecule has 2 amide bonds. The van der Waals surface area contributed by atoms with Gasteiger partial charge in [-0.25, -0.2) is 9.78 Å². The molecule has 0 radical (unpaired) electrons. The van der Waals surface area contributed by atoms with Gasteiger partial charge in [0.15, 0.2) is 5.75 Å². The molecule has 0 saturated carbocycles. The van der Waals surface area contributed by atoms with E-state index in [-0.39, 0.29) is 5.41 Å². The SMILES string of the molecule is COc1cc(Nc2cc(Oc3ccc(NC(=O)Nc4cc(C(C)(C)C)cc(N)c4OC)c4ccccc34)ccn2)ccc1CCCN1CCC(N)CC1. The van der Waals surface area contributed by atoms with Gasteiger partial charge in [-0.2, -0.15) is 0 Å². The Morgan fingerprint density at radius 1 is 0.887 bits per heavy atom. The fourth-order valence-corrected chi connectivity index (χ4v) is 6.67.